The third-order valence-corrected chi connectivity index (χ3v) is 5.31. The molecule has 0 amide bonds. The Morgan fingerprint density at radius 3 is 2.19 bits per heavy atom. The Hall–Kier alpha value is -1.59. The third-order valence-electron chi connectivity index (χ3n) is 5.31. The summed E-state index contributed by atoms with van der Waals surface area (Å²) in [5.41, 5.74) is 2.72. The molecule has 1 aliphatic rings. The Labute approximate surface area is 159 Å². The van der Waals surface area contributed by atoms with Crippen LogP contribution < -0.4 is 10.6 Å². The van der Waals surface area contributed by atoms with Gasteiger partial charge in [-0.3, -0.25) is 9.89 Å². The van der Waals surface area contributed by atoms with Crippen LogP contribution in [0.25, 0.3) is 0 Å². The van der Waals surface area contributed by atoms with Gasteiger partial charge in [-0.15, -0.1) is 0 Å². The van der Waals surface area contributed by atoms with E-state index in [0.717, 1.165) is 45.4 Å². The van der Waals surface area contributed by atoms with E-state index in [0.29, 0.717) is 0 Å². The summed E-state index contributed by atoms with van der Waals surface area (Å²) in [6.07, 6.45) is 0. The Kier molecular flexibility index (Phi) is 7.07. The van der Waals surface area contributed by atoms with Gasteiger partial charge in [0.25, 0.3) is 0 Å². The maximum Gasteiger partial charge on any atom is 0.191 e. The topological polar surface area (TPSA) is 48.9 Å². The fourth-order valence-corrected chi connectivity index (χ4v) is 3.21. The first-order valence-electron chi connectivity index (χ1n) is 9.59. The van der Waals surface area contributed by atoms with E-state index in [4.69, 9.17) is 4.74 Å². The zero-order chi connectivity index (χ0) is 19.2. The van der Waals surface area contributed by atoms with E-state index in [1.165, 1.54) is 11.1 Å². The average molecular weight is 361 g/mol. The highest BCUT2D eigenvalue weighted by molar-refractivity contribution is 5.79. The van der Waals surface area contributed by atoms with Crippen molar-refractivity contribution in [2.24, 2.45) is 4.99 Å². The summed E-state index contributed by atoms with van der Waals surface area (Å²) in [6.45, 7) is 16.5. The van der Waals surface area contributed by atoms with E-state index in [1.807, 2.05) is 7.05 Å². The molecule has 0 aromatic heterocycles. The minimum absolute atomic E-state index is 0.0328. The fraction of sp³-hybridized carbons (Fsp3) is 0.667. The van der Waals surface area contributed by atoms with Gasteiger partial charge in [0.05, 0.1) is 13.2 Å². The lowest BCUT2D eigenvalue weighted by molar-refractivity contribution is -0.00834. The second-order valence-corrected chi connectivity index (χ2v) is 8.44. The molecule has 5 nitrogen and oxygen atoms in total. The van der Waals surface area contributed by atoms with Crippen LogP contribution >= 0.6 is 0 Å². The first-order chi connectivity index (χ1) is 12.2. The SMILES string of the molecule is CN=C(NCC(C)(C)c1ccc(C)cc1)NCC(C)(C)N1CCOCC1. The number of benzene rings is 1. The van der Waals surface area contributed by atoms with E-state index >= 15 is 0 Å². The Balaban J connectivity index is 1.87. The van der Waals surface area contributed by atoms with Gasteiger partial charge < -0.3 is 15.4 Å². The van der Waals surface area contributed by atoms with Crippen LogP contribution in [-0.4, -0.2) is 62.8 Å². The molecular weight excluding hydrogens is 324 g/mol. The van der Waals surface area contributed by atoms with Crippen molar-refractivity contribution in [1.82, 2.24) is 15.5 Å². The quantitative estimate of drug-likeness (QED) is 0.605. The van der Waals surface area contributed by atoms with Crippen molar-refractivity contribution in [3.05, 3.63) is 35.4 Å². The van der Waals surface area contributed by atoms with Crippen molar-refractivity contribution in [3.8, 4) is 0 Å². The average Bonchev–Trinajstić information content (AvgIpc) is 2.63. The van der Waals surface area contributed by atoms with Crippen LogP contribution in [0.15, 0.2) is 29.3 Å². The van der Waals surface area contributed by atoms with Crippen LogP contribution in [0.3, 0.4) is 0 Å². The van der Waals surface area contributed by atoms with Gasteiger partial charge in [-0.25, -0.2) is 0 Å². The van der Waals surface area contributed by atoms with E-state index < -0.39 is 0 Å². The molecule has 5 heteroatoms. The molecule has 0 bridgehead atoms. The van der Waals surface area contributed by atoms with E-state index in [-0.39, 0.29) is 11.0 Å². The lowest BCUT2D eigenvalue weighted by atomic mass is 9.84. The van der Waals surface area contributed by atoms with Crippen molar-refractivity contribution in [2.75, 3.05) is 46.4 Å². The van der Waals surface area contributed by atoms with E-state index in [9.17, 15) is 0 Å². The van der Waals surface area contributed by atoms with Gasteiger partial charge in [0, 0.05) is 44.2 Å². The molecule has 0 radical (unpaired) electrons. The minimum Gasteiger partial charge on any atom is -0.379 e. The first kappa shape index (κ1) is 20.7. The number of morpholine rings is 1. The highest BCUT2D eigenvalue weighted by Crippen LogP contribution is 2.22. The summed E-state index contributed by atoms with van der Waals surface area (Å²) in [5, 5.41) is 6.99. The molecule has 2 N–H and O–H groups in total. The van der Waals surface area contributed by atoms with Crippen LogP contribution in [0.2, 0.25) is 0 Å². The molecule has 0 saturated carbocycles. The van der Waals surface area contributed by atoms with Crippen LogP contribution in [-0.2, 0) is 10.2 Å². The number of guanidine groups is 1. The predicted octanol–water partition coefficient (Wildman–Crippen LogP) is 2.55. The predicted molar refractivity (Wildman–Crippen MR) is 110 cm³/mol. The monoisotopic (exact) mass is 360 g/mol. The maximum atomic E-state index is 5.47. The lowest BCUT2D eigenvalue weighted by Gasteiger charge is -2.41. The number of nitrogens with one attached hydrogen (secondary N) is 2. The smallest absolute Gasteiger partial charge is 0.191 e. The van der Waals surface area contributed by atoms with Crippen LogP contribution in [0, 0.1) is 6.92 Å². The summed E-state index contributed by atoms with van der Waals surface area (Å²) in [7, 11) is 1.83. The second-order valence-electron chi connectivity index (χ2n) is 8.44. The number of nitrogens with zero attached hydrogens (tertiary/aromatic N) is 2. The summed E-state index contributed by atoms with van der Waals surface area (Å²) in [6, 6.07) is 8.79. The largest absolute Gasteiger partial charge is 0.379 e. The highest BCUT2D eigenvalue weighted by Gasteiger charge is 2.28. The van der Waals surface area contributed by atoms with Crippen LogP contribution in [0.5, 0.6) is 0 Å². The molecule has 0 unspecified atom stereocenters. The number of ether oxygens (including phenoxy) is 1. The van der Waals surface area contributed by atoms with Gasteiger partial charge in [-0.05, 0) is 26.3 Å². The molecule has 2 rings (SSSR count). The lowest BCUT2D eigenvalue weighted by Crippen LogP contribution is -2.57. The molecule has 0 aliphatic carbocycles. The first-order valence-corrected chi connectivity index (χ1v) is 9.59. The Morgan fingerprint density at radius 2 is 1.62 bits per heavy atom. The molecule has 0 spiro atoms. The van der Waals surface area contributed by atoms with Crippen molar-refractivity contribution in [1.29, 1.82) is 0 Å². The second kappa shape index (κ2) is 8.87. The number of hydrogen-bond acceptors (Lipinski definition) is 3. The molecule has 1 fully saturated rings. The molecule has 146 valence electrons. The van der Waals surface area contributed by atoms with Crippen molar-refractivity contribution < 1.29 is 4.74 Å². The zero-order valence-electron chi connectivity index (χ0n) is 17.4. The molecule has 0 atom stereocenters. The number of hydrogen-bond donors (Lipinski definition) is 2. The van der Waals surface area contributed by atoms with Crippen molar-refractivity contribution in [3.63, 3.8) is 0 Å². The van der Waals surface area contributed by atoms with Crippen molar-refractivity contribution in [2.45, 2.75) is 45.6 Å². The summed E-state index contributed by atoms with van der Waals surface area (Å²) >= 11 is 0. The highest BCUT2D eigenvalue weighted by atomic mass is 16.5. The van der Waals surface area contributed by atoms with Gasteiger partial charge in [-0.2, -0.15) is 0 Å². The van der Waals surface area contributed by atoms with Crippen LogP contribution in [0.4, 0.5) is 0 Å². The third kappa shape index (κ3) is 5.71. The van der Waals surface area contributed by atoms with Gasteiger partial charge in [0.2, 0.25) is 0 Å². The molecule has 1 heterocycles. The number of aryl methyl sites for hydroxylation is 1. The molecule has 1 aromatic rings. The zero-order valence-corrected chi connectivity index (χ0v) is 17.4. The summed E-state index contributed by atoms with van der Waals surface area (Å²) in [5.74, 6) is 0.853. The normalized spacial score (nSPS) is 17.2. The molecule has 1 saturated heterocycles. The van der Waals surface area contributed by atoms with Gasteiger partial charge >= 0.3 is 0 Å². The van der Waals surface area contributed by atoms with Gasteiger partial charge in [-0.1, -0.05) is 43.7 Å². The molecule has 26 heavy (non-hydrogen) atoms. The Morgan fingerprint density at radius 1 is 1.04 bits per heavy atom. The molecule has 1 aliphatic heterocycles. The standard InChI is InChI=1S/C21H36N4O/c1-17-7-9-18(10-8-17)20(2,3)15-23-19(22-6)24-16-21(4,5)25-11-13-26-14-12-25/h7-10H,11-16H2,1-6H3,(H2,22,23,24). The van der Waals surface area contributed by atoms with Gasteiger partial charge in [0.15, 0.2) is 5.96 Å². The molecular formula is C21H36N4O. The Bertz CT molecular complexity index is 587. The minimum atomic E-state index is 0.0328. The van der Waals surface area contributed by atoms with E-state index in [2.05, 4.69) is 79.4 Å². The summed E-state index contributed by atoms with van der Waals surface area (Å²) < 4.78 is 5.47. The number of rotatable bonds is 6. The fourth-order valence-electron chi connectivity index (χ4n) is 3.21. The molecule has 1 aromatic carbocycles. The van der Waals surface area contributed by atoms with E-state index in [1.54, 1.807) is 0 Å². The van der Waals surface area contributed by atoms with Crippen molar-refractivity contribution >= 4 is 5.96 Å². The van der Waals surface area contributed by atoms with Gasteiger partial charge in [0.1, 0.15) is 0 Å². The summed E-state index contributed by atoms with van der Waals surface area (Å²) in [4.78, 5) is 6.88. The van der Waals surface area contributed by atoms with Crippen LogP contribution in [0.1, 0.15) is 38.8 Å². The maximum absolute atomic E-state index is 5.47. The number of aliphatic imine (C=N–C) groups is 1.